The minimum atomic E-state index is 0.178. The largest absolute Gasteiger partial charge is 0.375 e. The molecule has 20 heavy (non-hydrogen) atoms. The first-order valence-electron chi connectivity index (χ1n) is 7.77. The van der Waals surface area contributed by atoms with Crippen LogP contribution in [0, 0.1) is 5.92 Å². The first-order chi connectivity index (χ1) is 9.83. The molecule has 0 radical (unpaired) electrons. The normalized spacial score (nSPS) is 24.8. The van der Waals surface area contributed by atoms with Gasteiger partial charge in [0.25, 0.3) is 5.91 Å². The van der Waals surface area contributed by atoms with Crippen LogP contribution in [0.5, 0.6) is 0 Å². The Morgan fingerprint density at radius 2 is 2.20 bits per heavy atom. The molecule has 1 atom stereocenters. The molecule has 2 aliphatic rings. The zero-order chi connectivity index (χ0) is 13.8. The lowest BCUT2D eigenvalue weighted by molar-refractivity contribution is -0.0335. The summed E-state index contributed by atoms with van der Waals surface area (Å²) in [5.41, 5.74) is 0. The van der Waals surface area contributed by atoms with Gasteiger partial charge < -0.3 is 9.64 Å². The van der Waals surface area contributed by atoms with Crippen molar-refractivity contribution in [3.8, 4) is 0 Å². The molecule has 0 aromatic carbocycles. The maximum atomic E-state index is 12.4. The highest BCUT2D eigenvalue weighted by atomic mass is 32.1. The summed E-state index contributed by atoms with van der Waals surface area (Å²) in [6.07, 6.45) is 8.21. The van der Waals surface area contributed by atoms with Gasteiger partial charge in [0.2, 0.25) is 0 Å². The van der Waals surface area contributed by atoms with Gasteiger partial charge in [0.05, 0.1) is 17.6 Å². The van der Waals surface area contributed by atoms with Gasteiger partial charge in [-0.1, -0.05) is 38.2 Å². The van der Waals surface area contributed by atoms with E-state index in [0.29, 0.717) is 6.61 Å². The van der Waals surface area contributed by atoms with Gasteiger partial charge in [0.1, 0.15) is 0 Å². The third-order valence-corrected chi connectivity index (χ3v) is 5.34. The molecule has 1 aliphatic heterocycles. The number of carbonyl (C=O) groups is 1. The zero-order valence-corrected chi connectivity index (χ0v) is 12.7. The molecular weight excluding hydrogens is 270 g/mol. The smallest absolute Gasteiger partial charge is 0.264 e. The van der Waals surface area contributed by atoms with Crippen molar-refractivity contribution >= 4 is 17.2 Å². The molecule has 1 aliphatic carbocycles. The van der Waals surface area contributed by atoms with E-state index in [9.17, 15) is 4.79 Å². The number of morpholine rings is 1. The molecule has 0 spiro atoms. The molecule has 1 aromatic heterocycles. The van der Waals surface area contributed by atoms with Gasteiger partial charge in [-0.2, -0.15) is 0 Å². The summed E-state index contributed by atoms with van der Waals surface area (Å²) in [5, 5.41) is 1.97. The highest BCUT2D eigenvalue weighted by Crippen LogP contribution is 2.29. The van der Waals surface area contributed by atoms with Crippen molar-refractivity contribution in [3.63, 3.8) is 0 Å². The number of rotatable bonds is 3. The summed E-state index contributed by atoms with van der Waals surface area (Å²) in [6, 6.07) is 3.86. The Morgan fingerprint density at radius 3 is 2.95 bits per heavy atom. The molecule has 110 valence electrons. The van der Waals surface area contributed by atoms with E-state index in [0.717, 1.165) is 30.3 Å². The monoisotopic (exact) mass is 293 g/mol. The second kappa shape index (κ2) is 6.72. The standard InChI is InChI=1S/C16H23NO2S/c18-16(15-7-4-10-20-15)17-8-9-19-14(12-17)11-13-5-2-1-3-6-13/h4,7,10,13-14H,1-3,5-6,8-9,11-12H2/t14-/m0/s1. The van der Waals surface area contributed by atoms with Crippen LogP contribution in [0.25, 0.3) is 0 Å². The Kier molecular flexibility index (Phi) is 4.73. The van der Waals surface area contributed by atoms with Crippen molar-refractivity contribution in [2.45, 2.75) is 44.6 Å². The number of nitrogens with zero attached hydrogens (tertiary/aromatic N) is 1. The van der Waals surface area contributed by atoms with Gasteiger partial charge in [0, 0.05) is 13.1 Å². The molecule has 1 saturated heterocycles. The SMILES string of the molecule is O=C(c1cccs1)N1CCO[C@@H](CC2CCCCC2)C1. The summed E-state index contributed by atoms with van der Waals surface area (Å²) >= 11 is 1.53. The Labute approximate surface area is 124 Å². The first kappa shape index (κ1) is 14.1. The van der Waals surface area contributed by atoms with Crippen LogP contribution in [0.3, 0.4) is 0 Å². The number of ether oxygens (including phenoxy) is 1. The van der Waals surface area contributed by atoms with Gasteiger partial charge in [0.15, 0.2) is 0 Å². The molecule has 0 unspecified atom stereocenters. The molecule has 2 heterocycles. The molecule has 3 nitrogen and oxygen atoms in total. The van der Waals surface area contributed by atoms with E-state index in [1.54, 1.807) is 0 Å². The van der Waals surface area contributed by atoms with Crippen molar-refractivity contribution < 1.29 is 9.53 Å². The number of hydrogen-bond donors (Lipinski definition) is 0. The van der Waals surface area contributed by atoms with Crippen LogP contribution < -0.4 is 0 Å². The van der Waals surface area contributed by atoms with Gasteiger partial charge in [-0.25, -0.2) is 0 Å². The summed E-state index contributed by atoms with van der Waals surface area (Å²) in [5.74, 6) is 0.988. The second-order valence-corrected chi connectivity index (χ2v) is 6.91. The fourth-order valence-corrected chi connectivity index (χ4v) is 4.09. The quantitative estimate of drug-likeness (QED) is 0.853. The van der Waals surface area contributed by atoms with E-state index in [2.05, 4.69) is 0 Å². The lowest BCUT2D eigenvalue weighted by Crippen LogP contribution is -2.46. The predicted molar refractivity (Wildman–Crippen MR) is 81.2 cm³/mol. The van der Waals surface area contributed by atoms with E-state index in [4.69, 9.17) is 4.74 Å². The van der Waals surface area contributed by atoms with E-state index < -0.39 is 0 Å². The molecule has 4 heteroatoms. The Hall–Kier alpha value is -0.870. The Balaban J connectivity index is 1.54. The highest BCUT2D eigenvalue weighted by Gasteiger charge is 2.27. The minimum absolute atomic E-state index is 0.178. The summed E-state index contributed by atoms with van der Waals surface area (Å²) in [4.78, 5) is 15.2. The lowest BCUT2D eigenvalue weighted by Gasteiger charge is -2.35. The van der Waals surface area contributed by atoms with Crippen molar-refractivity contribution in [1.29, 1.82) is 0 Å². The van der Waals surface area contributed by atoms with Crippen LogP contribution >= 0.6 is 11.3 Å². The molecule has 1 amide bonds. The zero-order valence-electron chi connectivity index (χ0n) is 11.9. The number of amides is 1. The minimum Gasteiger partial charge on any atom is -0.375 e. The summed E-state index contributed by atoms with van der Waals surface area (Å²) in [7, 11) is 0. The van der Waals surface area contributed by atoms with Crippen LogP contribution in [0.2, 0.25) is 0 Å². The Bertz CT molecular complexity index is 426. The number of hydrogen-bond acceptors (Lipinski definition) is 3. The van der Waals surface area contributed by atoms with Gasteiger partial charge in [-0.3, -0.25) is 4.79 Å². The summed E-state index contributed by atoms with van der Waals surface area (Å²) in [6.45, 7) is 2.19. The molecular formula is C16H23NO2S. The number of thiophene rings is 1. The molecule has 0 bridgehead atoms. The van der Waals surface area contributed by atoms with Crippen molar-refractivity contribution in [3.05, 3.63) is 22.4 Å². The van der Waals surface area contributed by atoms with Gasteiger partial charge in [-0.05, 0) is 23.8 Å². The fourth-order valence-electron chi connectivity index (χ4n) is 3.40. The molecule has 1 saturated carbocycles. The highest BCUT2D eigenvalue weighted by molar-refractivity contribution is 7.12. The number of carbonyl (C=O) groups excluding carboxylic acids is 1. The van der Waals surface area contributed by atoms with Crippen LogP contribution in [-0.2, 0) is 4.74 Å². The van der Waals surface area contributed by atoms with Crippen LogP contribution in [-0.4, -0.2) is 36.6 Å². The van der Waals surface area contributed by atoms with Gasteiger partial charge >= 0.3 is 0 Å². The average molecular weight is 293 g/mol. The predicted octanol–water partition coefficient (Wildman–Crippen LogP) is 3.56. The van der Waals surface area contributed by atoms with Crippen LogP contribution in [0.1, 0.15) is 48.2 Å². The van der Waals surface area contributed by atoms with Crippen LogP contribution in [0.15, 0.2) is 17.5 Å². The Morgan fingerprint density at radius 1 is 1.35 bits per heavy atom. The maximum absolute atomic E-state index is 12.4. The molecule has 1 aromatic rings. The van der Waals surface area contributed by atoms with E-state index in [1.165, 1.54) is 43.4 Å². The second-order valence-electron chi connectivity index (χ2n) is 5.96. The van der Waals surface area contributed by atoms with E-state index in [1.807, 2.05) is 22.4 Å². The van der Waals surface area contributed by atoms with E-state index >= 15 is 0 Å². The first-order valence-corrected chi connectivity index (χ1v) is 8.65. The maximum Gasteiger partial charge on any atom is 0.264 e. The molecule has 0 N–H and O–H groups in total. The van der Waals surface area contributed by atoms with Crippen LogP contribution in [0.4, 0.5) is 0 Å². The fraction of sp³-hybridized carbons (Fsp3) is 0.688. The third-order valence-electron chi connectivity index (χ3n) is 4.48. The topological polar surface area (TPSA) is 29.5 Å². The molecule has 3 rings (SSSR count). The van der Waals surface area contributed by atoms with Gasteiger partial charge in [-0.15, -0.1) is 11.3 Å². The lowest BCUT2D eigenvalue weighted by atomic mass is 9.85. The average Bonchev–Trinajstić information content (AvgIpc) is 3.02. The van der Waals surface area contributed by atoms with Crippen molar-refractivity contribution in [2.24, 2.45) is 5.92 Å². The molecule has 2 fully saturated rings. The summed E-state index contributed by atoms with van der Waals surface area (Å²) < 4.78 is 5.89. The van der Waals surface area contributed by atoms with E-state index in [-0.39, 0.29) is 12.0 Å². The van der Waals surface area contributed by atoms with Crippen molar-refractivity contribution in [2.75, 3.05) is 19.7 Å². The third kappa shape index (κ3) is 3.41. The van der Waals surface area contributed by atoms with Crippen molar-refractivity contribution in [1.82, 2.24) is 4.90 Å².